The van der Waals surface area contributed by atoms with E-state index in [-0.39, 0.29) is 17.4 Å². The second-order valence-corrected chi connectivity index (χ2v) is 6.00. The average molecular weight is 292 g/mol. The van der Waals surface area contributed by atoms with Crippen molar-refractivity contribution in [3.63, 3.8) is 0 Å². The van der Waals surface area contributed by atoms with Crippen LogP contribution in [0.25, 0.3) is 0 Å². The molecule has 5 nitrogen and oxygen atoms in total. The quantitative estimate of drug-likeness (QED) is 0.869. The molecule has 0 aliphatic carbocycles. The zero-order valence-electron chi connectivity index (χ0n) is 13.3. The maximum Gasteiger partial charge on any atom is 0.254 e. The molecule has 0 spiro atoms. The van der Waals surface area contributed by atoms with Gasteiger partial charge in [-0.25, -0.2) is 0 Å². The van der Waals surface area contributed by atoms with E-state index in [2.05, 4.69) is 10.6 Å². The molecule has 1 aromatic rings. The summed E-state index contributed by atoms with van der Waals surface area (Å²) in [6.07, 6.45) is -0.726. The van der Waals surface area contributed by atoms with Crippen molar-refractivity contribution < 1.29 is 14.3 Å². The Hall–Kier alpha value is -1.88. The second-order valence-electron chi connectivity index (χ2n) is 6.00. The molecule has 0 bridgehead atoms. The van der Waals surface area contributed by atoms with Crippen LogP contribution >= 0.6 is 0 Å². The third-order valence-electron chi connectivity index (χ3n) is 2.83. The lowest BCUT2D eigenvalue weighted by Crippen LogP contribution is -2.51. The van der Waals surface area contributed by atoms with E-state index < -0.39 is 12.1 Å². The minimum absolute atomic E-state index is 0.223. The first-order chi connectivity index (χ1) is 9.74. The van der Waals surface area contributed by atoms with E-state index in [1.165, 1.54) is 7.11 Å². The first-order valence-electron chi connectivity index (χ1n) is 6.94. The fourth-order valence-corrected chi connectivity index (χ4v) is 1.85. The van der Waals surface area contributed by atoms with Gasteiger partial charge in [-0.15, -0.1) is 0 Å². The van der Waals surface area contributed by atoms with E-state index >= 15 is 0 Å². The number of nitrogens with one attached hydrogen (secondary N) is 2. The lowest BCUT2D eigenvalue weighted by atomic mass is 10.1. The van der Waals surface area contributed by atoms with E-state index in [4.69, 9.17) is 4.74 Å². The van der Waals surface area contributed by atoms with Gasteiger partial charge in [0, 0.05) is 12.6 Å². The Kier molecular flexibility index (Phi) is 5.90. The zero-order chi connectivity index (χ0) is 16.0. The number of hydrogen-bond donors (Lipinski definition) is 2. The van der Waals surface area contributed by atoms with Gasteiger partial charge in [-0.1, -0.05) is 30.3 Å². The third kappa shape index (κ3) is 5.55. The van der Waals surface area contributed by atoms with E-state index in [9.17, 15) is 9.59 Å². The van der Waals surface area contributed by atoms with E-state index in [1.807, 2.05) is 51.1 Å². The molecule has 0 aliphatic rings. The highest BCUT2D eigenvalue weighted by Gasteiger charge is 2.25. The van der Waals surface area contributed by atoms with Crippen molar-refractivity contribution in [2.24, 2.45) is 0 Å². The van der Waals surface area contributed by atoms with Crippen LogP contribution in [0.3, 0.4) is 0 Å². The Morgan fingerprint density at radius 3 is 2.14 bits per heavy atom. The summed E-state index contributed by atoms with van der Waals surface area (Å²) < 4.78 is 5.24. The van der Waals surface area contributed by atoms with Crippen LogP contribution in [0.1, 0.15) is 39.4 Å². The van der Waals surface area contributed by atoms with Crippen LogP contribution in [0.5, 0.6) is 0 Å². The van der Waals surface area contributed by atoms with Gasteiger partial charge in [-0.3, -0.25) is 9.59 Å². The molecule has 0 fully saturated rings. The summed E-state index contributed by atoms with van der Waals surface area (Å²) in [7, 11) is 1.47. The summed E-state index contributed by atoms with van der Waals surface area (Å²) in [4.78, 5) is 24.2. The molecule has 2 unspecified atom stereocenters. The zero-order valence-corrected chi connectivity index (χ0v) is 13.3. The van der Waals surface area contributed by atoms with Gasteiger partial charge in [0.25, 0.3) is 5.91 Å². The predicted molar refractivity (Wildman–Crippen MR) is 81.7 cm³/mol. The highest BCUT2D eigenvalue weighted by molar-refractivity contribution is 5.89. The van der Waals surface area contributed by atoms with Crippen LogP contribution in [0.2, 0.25) is 0 Å². The molecule has 0 aliphatic heterocycles. The maximum absolute atomic E-state index is 12.2. The molecule has 0 aromatic heterocycles. The number of ether oxygens (including phenoxy) is 1. The van der Waals surface area contributed by atoms with E-state index in [0.29, 0.717) is 0 Å². The minimum atomic E-state index is -0.726. The Morgan fingerprint density at radius 2 is 1.67 bits per heavy atom. The van der Waals surface area contributed by atoms with Crippen molar-refractivity contribution in [3.8, 4) is 0 Å². The van der Waals surface area contributed by atoms with Crippen LogP contribution in [0.15, 0.2) is 30.3 Å². The second kappa shape index (κ2) is 7.22. The van der Waals surface area contributed by atoms with Crippen molar-refractivity contribution in [2.75, 3.05) is 7.11 Å². The van der Waals surface area contributed by atoms with Crippen LogP contribution in [0, 0.1) is 0 Å². The highest BCUT2D eigenvalue weighted by atomic mass is 16.5. The van der Waals surface area contributed by atoms with Gasteiger partial charge in [0.15, 0.2) is 6.10 Å². The van der Waals surface area contributed by atoms with E-state index in [1.54, 1.807) is 6.92 Å². The molecule has 0 radical (unpaired) electrons. The Morgan fingerprint density at radius 1 is 1.10 bits per heavy atom. The molecule has 1 aromatic carbocycles. The molecule has 116 valence electrons. The molecule has 2 amide bonds. The summed E-state index contributed by atoms with van der Waals surface area (Å²) in [6.45, 7) is 7.32. The predicted octanol–water partition coefficient (Wildman–Crippen LogP) is 1.79. The van der Waals surface area contributed by atoms with Crippen LogP contribution < -0.4 is 10.6 Å². The fraction of sp³-hybridized carbons (Fsp3) is 0.500. The molecular formula is C16H24N2O3. The van der Waals surface area contributed by atoms with Crippen LogP contribution in [-0.2, 0) is 14.3 Å². The van der Waals surface area contributed by atoms with Gasteiger partial charge in [0.2, 0.25) is 5.91 Å². The Labute approximate surface area is 126 Å². The normalized spacial score (nSPS) is 14.1. The number of hydrogen-bond acceptors (Lipinski definition) is 3. The van der Waals surface area contributed by atoms with Crippen molar-refractivity contribution in [1.29, 1.82) is 0 Å². The number of carbonyl (C=O) groups excluding carboxylic acids is 2. The first-order valence-corrected chi connectivity index (χ1v) is 6.94. The van der Waals surface area contributed by atoms with Gasteiger partial charge in [0.1, 0.15) is 6.04 Å². The molecular weight excluding hydrogens is 268 g/mol. The number of carbonyl (C=O) groups is 2. The molecule has 21 heavy (non-hydrogen) atoms. The van der Waals surface area contributed by atoms with Gasteiger partial charge in [0.05, 0.1) is 0 Å². The van der Waals surface area contributed by atoms with Crippen molar-refractivity contribution in [1.82, 2.24) is 10.6 Å². The topological polar surface area (TPSA) is 67.4 Å². The molecule has 0 heterocycles. The largest absolute Gasteiger partial charge is 0.367 e. The Bertz CT molecular complexity index is 480. The average Bonchev–Trinajstić information content (AvgIpc) is 2.38. The summed E-state index contributed by atoms with van der Waals surface area (Å²) in [5.74, 6) is -0.556. The highest BCUT2D eigenvalue weighted by Crippen LogP contribution is 2.16. The summed E-state index contributed by atoms with van der Waals surface area (Å²) in [6, 6.07) is 8.54. The number of methoxy groups -OCH3 is 1. The molecule has 2 N–H and O–H groups in total. The van der Waals surface area contributed by atoms with Crippen molar-refractivity contribution >= 4 is 11.8 Å². The molecule has 1 rings (SSSR count). The maximum atomic E-state index is 12.2. The van der Waals surface area contributed by atoms with Crippen molar-refractivity contribution in [2.45, 2.75) is 45.4 Å². The van der Waals surface area contributed by atoms with Gasteiger partial charge < -0.3 is 15.4 Å². The number of benzene rings is 1. The first kappa shape index (κ1) is 17.2. The standard InChI is InChI=1S/C16H24N2O3/c1-11(14(19)18-16(2,3)4)17-15(20)13(21-5)12-9-7-6-8-10-12/h6-11,13H,1-5H3,(H,17,20)(H,18,19). The summed E-state index contributed by atoms with van der Waals surface area (Å²) in [5.41, 5.74) is 0.414. The molecule has 0 saturated carbocycles. The lowest BCUT2D eigenvalue weighted by Gasteiger charge is -2.24. The minimum Gasteiger partial charge on any atom is -0.367 e. The molecule has 2 atom stereocenters. The number of amides is 2. The smallest absolute Gasteiger partial charge is 0.254 e. The number of rotatable bonds is 5. The Balaban J connectivity index is 2.68. The fourth-order valence-electron chi connectivity index (χ4n) is 1.85. The monoisotopic (exact) mass is 292 g/mol. The molecule has 0 saturated heterocycles. The summed E-state index contributed by atoms with van der Waals surface area (Å²) in [5, 5.41) is 5.50. The SMILES string of the molecule is COC(C(=O)NC(C)C(=O)NC(C)(C)C)c1ccccc1. The van der Waals surface area contributed by atoms with Crippen LogP contribution in [-0.4, -0.2) is 30.5 Å². The van der Waals surface area contributed by atoms with E-state index in [0.717, 1.165) is 5.56 Å². The molecule has 5 heteroatoms. The van der Waals surface area contributed by atoms with Crippen LogP contribution in [0.4, 0.5) is 0 Å². The van der Waals surface area contributed by atoms with Crippen molar-refractivity contribution in [3.05, 3.63) is 35.9 Å². The summed E-state index contributed by atoms with van der Waals surface area (Å²) >= 11 is 0. The van der Waals surface area contributed by atoms with Gasteiger partial charge in [-0.05, 0) is 33.3 Å². The van der Waals surface area contributed by atoms with Gasteiger partial charge >= 0.3 is 0 Å². The lowest BCUT2D eigenvalue weighted by molar-refractivity contribution is -0.135. The van der Waals surface area contributed by atoms with Gasteiger partial charge in [-0.2, -0.15) is 0 Å². The third-order valence-corrected chi connectivity index (χ3v) is 2.83.